The highest BCUT2D eigenvalue weighted by molar-refractivity contribution is 7.10. The maximum atomic E-state index is 11.6. The molecular formula is C22H30ClNOS. The van der Waals surface area contributed by atoms with E-state index in [4.69, 9.17) is 0 Å². The van der Waals surface area contributed by atoms with Gasteiger partial charge in [-0.3, -0.25) is 0 Å². The lowest BCUT2D eigenvalue weighted by atomic mass is 9.84. The number of rotatable bonds is 6. The van der Waals surface area contributed by atoms with E-state index in [9.17, 15) is 5.11 Å². The van der Waals surface area contributed by atoms with E-state index in [1.54, 1.807) is 16.2 Å². The SMILES string of the molecule is OC(CC[NH+]1CC2CCC(CC2)C1)(Cc1ccccc1)c1cccs1.[Cl-]. The van der Waals surface area contributed by atoms with Crippen LogP contribution in [-0.4, -0.2) is 24.7 Å². The standard InChI is InChI=1S/C22H29NOS.ClH/c24-22(21-7-4-14-25-21,15-18-5-2-1-3-6-18)12-13-23-16-19-8-9-20(17-23)11-10-19;/h1-7,14,19-20,24H,8-13,15-17H2;1H. The third kappa shape index (κ3) is 4.69. The highest BCUT2D eigenvalue weighted by atomic mass is 35.5. The molecule has 26 heavy (non-hydrogen) atoms. The Morgan fingerprint density at radius 2 is 1.62 bits per heavy atom. The average Bonchev–Trinajstić information content (AvgIpc) is 3.03. The molecule has 2 nitrogen and oxygen atoms in total. The predicted octanol–water partition coefficient (Wildman–Crippen LogP) is 0.277. The Morgan fingerprint density at radius 3 is 2.19 bits per heavy atom. The number of hydrogen-bond donors (Lipinski definition) is 2. The zero-order valence-electron chi connectivity index (χ0n) is 15.4. The molecule has 2 aromatic rings. The van der Waals surface area contributed by atoms with Crippen molar-refractivity contribution in [3.8, 4) is 0 Å². The van der Waals surface area contributed by atoms with Crippen molar-refractivity contribution in [1.82, 2.24) is 0 Å². The van der Waals surface area contributed by atoms with Crippen molar-refractivity contribution in [3.63, 3.8) is 0 Å². The van der Waals surface area contributed by atoms with E-state index < -0.39 is 5.60 Å². The van der Waals surface area contributed by atoms with Crippen LogP contribution in [0, 0.1) is 11.8 Å². The van der Waals surface area contributed by atoms with E-state index in [2.05, 4.69) is 41.8 Å². The minimum atomic E-state index is -0.728. The molecule has 2 bridgehead atoms. The van der Waals surface area contributed by atoms with Crippen LogP contribution < -0.4 is 17.3 Å². The molecule has 142 valence electrons. The van der Waals surface area contributed by atoms with Crippen LogP contribution in [0.25, 0.3) is 0 Å². The monoisotopic (exact) mass is 391 g/mol. The fraction of sp³-hybridized carbons (Fsp3) is 0.545. The van der Waals surface area contributed by atoms with Gasteiger partial charge in [-0.2, -0.15) is 0 Å². The Bertz CT molecular complexity index is 640. The summed E-state index contributed by atoms with van der Waals surface area (Å²) in [6.45, 7) is 3.74. The van der Waals surface area contributed by atoms with Crippen molar-refractivity contribution < 1.29 is 22.4 Å². The molecule has 4 heteroatoms. The summed E-state index contributed by atoms with van der Waals surface area (Å²) in [5.74, 6) is 1.86. The Labute approximate surface area is 167 Å². The third-order valence-corrected chi connectivity index (χ3v) is 7.40. The first-order chi connectivity index (χ1) is 12.2. The number of thiophene rings is 1. The molecule has 5 rings (SSSR count). The van der Waals surface area contributed by atoms with Crippen molar-refractivity contribution >= 4 is 11.3 Å². The fourth-order valence-corrected chi connectivity index (χ4v) is 5.76. The summed E-state index contributed by atoms with van der Waals surface area (Å²) in [7, 11) is 0. The van der Waals surface area contributed by atoms with Crippen LogP contribution >= 0.6 is 11.3 Å². The Hall–Kier alpha value is -0.870. The molecule has 2 aliphatic heterocycles. The molecule has 2 saturated heterocycles. The molecule has 3 fully saturated rings. The van der Waals surface area contributed by atoms with Crippen LogP contribution in [0.3, 0.4) is 0 Å². The molecule has 1 atom stereocenters. The van der Waals surface area contributed by atoms with Crippen LogP contribution in [0.5, 0.6) is 0 Å². The van der Waals surface area contributed by atoms with Gasteiger partial charge in [-0.15, -0.1) is 11.3 Å². The second kappa shape index (κ2) is 8.88. The minimum Gasteiger partial charge on any atom is -1.00 e. The number of nitrogens with one attached hydrogen (secondary N) is 1. The first-order valence-corrected chi connectivity index (χ1v) is 10.7. The fourth-order valence-electron chi connectivity index (χ4n) is 4.90. The number of halogens is 1. The molecule has 1 aromatic carbocycles. The van der Waals surface area contributed by atoms with Crippen LogP contribution in [-0.2, 0) is 12.0 Å². The summed E-state index contributed by atoms with van der Waals surface area (Å²) < 4.78 is 0. The van der Waals surface area contributed by atoms with Gasteiger partial charge >= 0.3 is 0 Å². The zero-order valence-corrected chi connectivity index (χ0v) is 16.9. The van der Waals surface area contributed by atoms with Crippen molar-refractivity contribution in [2.75, 3.05) is 19.6 Å². The molecule has 3 aliphatic rings. The normalized spacial score (nSPS) is 27.3. The Morgan fingerprint density at radius 1 is 0.962 bits per heavy atom. The highest BCUT2D eigenvalue weighted by Crippen LogP contribution is 2.33. The molecule has 2 N–H and O–H groups in total. The lowest BCUT2D eigenvalue weighted by molar-refractivity contribution is -0.904. The number of hydrogen-bond acceptors (Lipinski definition) is 2. The van der Waals surface area contributed by atoms with Gasteiger partial charge in [0, 0.05) is 29.6 Å². The molecular weight excluding hydrogens is 362 g/mol. The van der Waals surface area contributed by atoms with Gasteiger partial charge in [0.25, 0.3) is 0 Å². The first-order valence-electron chi connectivity index (χ1n) is 9.85. The summed E-state index contributed by atoms with van der Waals surface area (Å²) in [6.07, 6.45) is 7.33. The van der Waals surface area contributed by atoms with Gasteiger partial charge in [0.15, 0.2) is 0 Å². The van der Waals surface area contributed by atoms with Crippen molar-refractivity contribution in [1.29, 1.82) is 0 Å². The number of aliphatic hydroxyl groups is 1. The van der Waals surface area contributed by atoms with Gasteiger partial charge in [-0.25, -0.2) is 0 Å². The van der Waals surface area contributed by atoms with Crippen LogP contribution in [0.15, 0.2) is 47.8 Å². The largest absolute Gasteiger partial charge is 1.00 e. The summed E-state index contributed by atoms with van der Waals surface area (Å²) in [6, 6.07) is 14.6. The van der Waals surface area contributed by atoms with Crippen LogP contribution in [0.2, 0.25) is 0 Å². The lowest BCUT2D eigenvalue weighted by Gasteiger charge is -2.30. The molecule has 0 spiro atoms. The van der Waals surface area contributed by atoms with Gasteiger partial charge in [0.2, 0.25) is 0 Å². The summed E-state index contributed by atoms with van der Waals surface area (Å²) >= 11 is 1.69. The van der Waals surface area contributed by atoms with Gasteiger partial charge in [0.1, 0.15) is 5.60 Å². The molecule has 1 saturated carbocycles. The van der Waals surface area contributed by atoms with E-state index in [1.165, 1.54) is 44.3 Å². The quantitative estimate of drug-likeness (QED) is 0.726. The molecule has 1 aromatic heterocycles. The average molecular weight is 392 g/mol. The van der Waals surface area contributed by atoms with E-state index in [0.29, 0.717) is 6.42 Å². The Kier molecular flexibility index (Phi) is 6.79. The van der Waals surface area contributed by atoms with Crippen molar-refractivity contribution in [3.05, 3.63) is 58.3 Å². The molecule has 0 radical (unpaired) electrons. The number of quaternary nitrogens is 1. The van der Waals surface area contributed by atoms with Crippen molar-refractivity contribution in [2.24, 2.45) is 11.8 Å². The molecule has 3 heterocycles. The highest BCUT2D eigenvalue weighted by Gasteiger charge is 2.36. The first kappa shape index (κ1) is 19.9. The van der Waals surface area contributed by atoms with E-state index in [0.717, 1.165) is 29.7 Å². The maximum absolute atomic E-state index is 11.6. The number of fused-ring (bicyclic) bond motifs is 4. The van der Waals surface area contributed by atoms with Crippen LogP contribution in [0.1, 0.15) is 42.5 Å². The third-order valence-electron chi connectivity index (χ3n) is 6.33. The second-order valence-electron chi connectivity index (χ2n) is 8.22. The maximum Gasteiger partial charge on any atom is 0.108 e. The van der Waals surface area contributed by atoms with E-state index >= 15 is 0 Å². The zero-order chi connectivity index (χ0) is 17.1. The van der Waals surface area contributed by atoms with Gasteiger partial charge in [0.05, 0.1) is 19.6 Å². The smallest absolute Gasteiger partial charge is 0.108 e. The van der Waals surface area contributed by atoms with Crippen molar-refractivity contribution in [2.45, 2.75) is 44.1 Å². The summed E-state index contributed by atoms with van der Waals surface area (Å²) in [5, 5.41) is 13.7. The van der Waals surface area contributed by atoms with E-state index in [-0.39, 0.29) is 12.4 Å². The molecule has 0 amide bonds. The van der Waals surface area contributed by atoms with Gasteiger partial charge in [-0.1, -0.05) is 36.4 Å². The number of benzene rings is 1. The van der Waals surface area contributed by atoms with E-state index in [1.807, 2.05) is 6.07 Å². The van der Waals surface area contributed by atoms with Gasteiger partial charge in [-0.05, 0) is 42.7 Å². The Balaban J connectivity index is 0.00000196. The topological polar surface area (TPSA) is 24.7 Å². The lowest BCUT2D eigenvalue weighted by Crippen LogP contribution is -3.13. The van der Waals surface area contributed by atoms with Gasteiger partial charge < -0.3 is 22.4 Å². The second-order valence-corrected chi connectivity index (χ2v) is 9.16. The summed E-state index contributed by atoms with van der Waals surface area (Å²) in [4.78, 5) is 2.85. The summed E-state index contributed by atoms with van der Waals surface area (Å²) in [5.41, 5.74) is 0.498. The minimum absolute atomic E-state index is 0. The molecule has 1 unspecified atom stereocenters. The predicted molar refractivity (Wildman–Crippen MR) is 104 cm³/mol. The van der Waals surface area contributed by atoms with Crippen LogP contribution in [0.4, 0.5) is 0 Å². The molecule has 1 aliphatic carbocycles.